The first-order chi connectivity index (χ1) is 10.4. The van der Waals surface area contributed by atoms with Gasteiger partial charge in [-0.2, -0.15) is 0 Å². The number of aryl methyl sites for hydroxylation is 1. The summed E-state index contributed by atoms with van der Waals surface area (Å²) in [5.74, 6) is -1.36. The summed E-state index contributed by atoms with van der Waals surface area (Å²) in [5, 5.41) is 14.8. The van der Waals surface area contributed by atoms with Gasteiger partial charge in [0.2, 0.25) is 0 Å². The van der Waals surface area contributed by atoms with Crippen LogP contribution in [0.15, 0.2) is 29.6 Å². The SMILES string of the molecule is CCC(C)(NC(=O)c1cccc(C(=O)O)c1)c1nc(C)cs1. The van der Waals surface area contributed by atoms with E-state index in [2.05, 4.69) is 10.3 Å². The molecule has 0 saturated carbocycles. The van der Waals surface area contributed by atoms with Gasteiger partial charge in [-0.25, -0.2) is 9.78 Å². The minimum absolute atomic E-state index is 0.0935. The van der Waals surface area contributed by atoms with Crippen molar-refractivity contribution in [2.75, 3.05) is 0 Å². The second-order valence-electron chi connectivity index (χ2n) is 5.32. The predicted octanol–water partition coefficient (Wildman–Crippen LogP) is 3.20. The van der Waals surface area contributed by atoms with Crippen LogP contribution in [0.2, 0.25) is 0 Å². The van der Waals surface area contributed by atoms with Crippen LogP contribution in [-0.4, -0.2) is 22.0 Å². The number of aromatic nitrogens is 1. The molecule has 1 amide bonds. The first kappa shape index (κ1) is 16.2. The summed E-state index contributed by atoms with van der Waals surface area (Å²) in [6.45, 7) is 5.81. The topological polar surface area (TPSA) is 79.3 Å². The number of carboxylic acids is 1. The molecule has 6 heteroatoms. The van der Waals surface area contributed by atoms with Crippen LogP contribution in [0.1, 0.15) is 51.7 Å². The summed E-state index contributed by atoms with van der Waals surface area (Å²) in [5.41, 5.74) is 0.764. The minimum Gasteiger partial charge on any atom is -0.478 e. The van der Waals surface area contributed by atoms with Crippen LogP contribution in [0, 0.1) is 6.92 Å². The van der Waals surface area contributed by atoms with Crippen molar-refractivity contribution in [3.8, 4) is 0 Å². The zero-order valence-corrected chi connectivity index (χ0v) is 13.5. The van der Waals surface area contributed by atoms with E-state index in [1.807, 2.05) is 26.2 Å². The van der Waals surface area contributed by atoms with Crippen LogP contribution >= 0.6 is 11.3 Å². The third-order valence-corrected chi connectivity index (χ3v) is 4.78. The quantitative estimate of drug-likeness (QED) is 0.887. The van der Waals surface area contributed by atoms with E-state index in [0.29, 0.717) is 12.0 Å². The largest absolute Gasteiger partial charge is 0.478 e. The molecule has 1 aromatic carbocycles. The van der Waals surface area contributed by atoms with Crippen molar-refractivity contribution in [1.29, 1.82) is 0 Å². The number of thiazole rings is 1. The highest BCUT2D eigenvalue weighted by Crippen LogP contribution is 2.28. The standard InChI is InChI=1S/C16H18N2O3S/c1-4-16(3,15-17-10(2)9-22-15)18-13(19)11-6-5-7-12(8-11)14(20)21/h5-9H,4H2,1-3H3,(H,18,19)(H,20,21). The maximum Gasteiger partial charge on any atom is 0.335 e. The highest BCUT2D eigenvalue weighted by Gasteiger charge is 2.30. The third-order valence-electron chi connectivity index (χ3n) is 3.56. The normalized spacial score (nSPS) is 13.4. The van der Waals surface area contributed by atoms with Crippen LogP contribution in [-0.2, 0) is 5.54 Å². The average molecular weight is 318 g/mol. The van der Waals surface area contributed by atoms with Gasteiger partial charge in [-0.3, -0.25) is 4.79 Å². The Morgan fingerprint density at radius 3 is 2.59 bits per heavy atom. The van der Waals surface area contributed by atoms with Crippen LogP contribution in [0.5, 0.6) is 0 Å². The number of nitrogens with one attached hydrogen (secondary N) is 1. The first-order valence-electron chi connectivity index (χ1n) is 6.94. The molecule has 0 radical (unpaired) electrons. The number of nitrogens with zero attached hydrogens (tertiary/aromatic N) is 1. The van der Waals surface area contributed by atoms with Gasteiger partial charge in [-0.05, 0) is 38.5 Å². The molecule has 0 aliphatic carbocycles. The fourth-order valence-corrected chi connectivity index (χ4v) is 3.00. The van der Waals surface area contributed by atoms with Gasteiger partial charge >= 0.3 is 5.97 Å². The lowest BCUT2D eigenvalue weighted by Crippen LogP contribution is -2.43. The Morgan fingerprint density at radius 1 is 1.36 bits per heavy atom. The van der Waals surface area contributed by atoms with Crippen LogP contribution in [0.3, 0.4) is 0 Å². The van der Waals surface area contributed by atoms with Crippen molar-refractivity contribution in [3.05, 3.63) is 51.5 Å². The maximum absolute atomic E-state index is 12.4. The van der Waals surface area contributed by atoms with Crippen LogP contribution in [0.25, 0.3) is 0 Å². The highest BCUT2D eigenvalue weighted by molar-refractivity contribution is 7.09. The fraction of sp³-hybridized carbons (Fsp3) is 0.312. The zero-order valence-electron chi connectivity index (χ0n) is 12.7. The number of carbonyl (C=O) groups is 2. The summed E-state index contributed by atoms with van der Waals surface area (Å²) >= 11 is 1.51. The molecule has 0 saturated heterocycles. The van der Waals surface area contributed by atoms with E-state index in [4.69, 9.17) is 5.11 Å². The van der Waals surface area contributed by atoms with Gasteiger partial charge in [0.25, 0.3) is 5.91 Å². The van der Waals surface area contributed by atoms with Gasteiger partial charge in [0, 0.05) is 16.6 Å². The average Bonchev–Trinajstić information content (AvgIpc) is 2.94. The molecule has 5 nitrogen and oxygen atoms in total. The van der Waals surface area contributed by atoms with Gasteiger partial charge in [0.1, 0.15) is 5.01 Å². The molecule has 0 fully saturated rings. The molecule has 1 atom stereocenters. The van der Waals surface area contributed by atoms with Gasteiger partial charge in [-0.15, -0.1) is 11.3 Å². The number of aromatic carboxylic acids is 1. The van der Waals surface area contributed by atoms with Gasteiger partial charge in [-0.1, -0.05) is 13.0 Å². The first-order valence-corrected chi connectivity index (χ1v) is 7.82. The van der Waals surface area contributed by atoms with Crippen LogP contribution in [0.4, 0.5) is 0 Å². The lowest BCUT2D eigenvalue weighted by molar-refractivity contribution is 0.0697. The van der Waals surface area contributed by atoms with Gasteiger partial charge in [0.05, 0.1) is 11.1 Å². The Morgan fingerprint density at radius 2 is 2.05 bits per heavy atom. The van der Waals surface area contributed by atoms with Gasteiger partial charge in [0.15, 0.2) is 0 Å². The predicted molar refractivity (Wildman–Crippen MR) is 85.4 cm³/mol. The van der Waals surface area contributed by atoms with E-state index in [9.17, 15) is 9.59 Å². The summed E-state index contributed by atoms with van der Waals surface area (Å²) < 4.78 is 0. The molecule has 116 valence electrons. The lowest BCUT2D eigenvalue weighted by atomic mass is 9.98. The van der Waals surface area contributed by atoms with Crippen LogP contribution < -0.4 is 5.32 Å². The zero-order chi connectivity index (χ0) is 16.3. The molecule has 1 aromatic heterocycles. The third kappa shape index (κ3) is 3.33. The molecular formula is C16H18N2O3S. The van der Waals surface area contributed by atoms with E-state index < -0.39 is 11.5 Å². The van der Waals surface area contributed by atoms with Gasteiger partial charge < -0.3 is 10.4 Å². The summed E-state index contributed by atoms with van der Waals surface area (Å²) in [7, 11) is 0. The van der Waals surface area contributed by atoms with Crippen molar-refractivity contribution >= 4 is 23.2 Å². The molecule has 1 unspecified atom stereocenters. The Hall–Kier alpha value is -2.21. The molecular weight excluding hydrogens is 300 g/mol. The van der Waals surface area contributed by atoms with Crippen molar-refractivity contribution in [2.24, 2.45) is 0 Å². The maximum atomic E-state index is 12.4. The number of hydrogen-bond acceptors (Lipinski definition) is 4. The van der Waals surface area contributed by atoms with Crippen molar-refractivity contribution in [3.63, 3.8) is 0 Å². The molecule has 0 aliphatic heterocycles. The molecule has 0 bridgehead atoms. The number of hydrogen-bond donors (Lipinski definition) is 2. The van der Waals surface area contributed by atoms with E-state index in [0.717, 1.165) is 10.7 Å². The molecule has 0 spiro atoms. The number of amides is 1. The van der Waals surface area contributed by atoms with E-state index >= 15 is 0 Å². The number of benzene rings is 1. The molecule has 0 aliphatic rings. The Labute approximate surface area is 133 Å². The summed E-state index contributed by atoms with van der Waals surface area (Å²) in [6, 6.07) is 6.00. The summed E-state index contributed by atoms with van der Waals surface area (Å²) in [6.07, 6.45) is 0.685. The second-order valence-corrected chi connectivity index (χ2v) is 6.18. The molecule has 22 heavy (non-hydrogen) atoms. The highest BCUT2D eigenvalue weighted by atomic mass is 32.1. The lowest BCUT2D eigenvalue weighted by Gasteiger charge is -2.27. The Balaban J connectivity index is 2.26. The number of carboxylic acid groups (broad SMARTS) is 1. The Kier molecular flexibility index (Phi) is 4.61. The fourth-order valence-electron chi connectivity index (χ4n) is 2.02. The van der Waals surface area contributed by atoms with E-state index in [1.165, 1.54) is 23.5 Å². The Bertz CT molecular complexity index is 711. The monoisotopic (exact) mass is 318 g/mol. The molecule has 1 heterocycles. The molecule has 2 rings (SSSR count). The smallest absolute Gasteiger partial charge is 0.335 e. The number of rotatable bonds is 5. The van der Waals surface area contributed by atoms with Crippen molar-refractivity contribution in [2.45, 2.75) is 32.7 Å². The van der Waals surface area contributed by atoms with Crippen molar-refractivity contribution in [1.82, 2.24) is 10.3 Å². The minimum atomic E-state index is -1.05. The second kappa shape index (κ2) is 6.27. The molecule has 2 N–H and O–H groups in total. The van der Waals surface area contributed by atoms with Crippen molar-refractivity contribution < 1.29 is 14.7 Å². The number of carbonyl (C=O) groups excluding carboxylic acids is 1. The summed E-state index contributed by atoms with van der Waals surface area (Å²) in [4.78, 5) is 27.9. The molecule has 2 aromatic rings. The van der Waals surface area contributed by atoms with E-state index in [1.54, 1.807) is 12.1 Å². The van der Waals surface area contributed by atoms with E-state index in [-0.39, 0.29) is 11.5 Å².